The summed E-state index contributed by atoms with van der Waals surface area (Å²) < 4.78 is 5.07. The Morgan fingerprint density at radius 2 is 1.91 bits per heavy atom. The Labute approximate surface area is 129 Å². The number of hydrogen-bond acceptors (Lipinski definition) is 4. The molecule has 1 aromatic rings. The van der Waals surface area contributed by atoms with Crippen LogP contribution in [0.2, 0.25) is 0 Å². The van der Waals surface area contributed by atoms with Crippen molar-refractivity contribution in [3.63, 3.8) is 0 Å². The van der Waals surface area contributed by atoms with Crippen molar-refractivity contribution in [2.24, 2.45) is 0 Å². The van der Waals surface area contributed by atoms with Crippen molar-refractivity contribution in [3.8, 4) is 5.75 Å². The molecular weight excluding hydrogens is 288 g/mol. The van der Waals surface area contributed by atoms with Crippen molar-refractivity contribution in [2.45, 2.75) is 18.8 Å². The molecule has 0 heterocycles. The average molecular weight is 310 g/mol. The van der Waals surface area contributed by atoms with Crippen molar-refractivity contribution in [3.05, 3.63) is 29.8 Å². The Morgan fingerprint density at radius 3 is 2.45 bits per heavy atom. The van der Waals surface area contributed by atoms with Gasteiger partial charge in [-0.3, -0.25) is 4.79 Å². The second-order valence-electron chi connectivity index (χ2n) is 4.79. The summed E-state index contributed by atoms with van der Waals surface area (Å²) in [5.41, 5.74) is 0.898. The van der Waals surface area contributed by atoms with Gasteiger partial charge in [0.15, 0.2) is 0 Å². The standard InChI is InChI=1S/C15H22N2O5/c1-22-13-6-4-11(5-7-13)12(10-18)9-17-15(21)16-8-2-3-14(19)20/h4-7,12,18H,2-3,8-10H2,1H3,(H,19,20)(H2,16,17,21). The topological polar surface area (TPSA) is 108 Å². The molecule has 0 spiro atoms. The van der Waals surface area contributed by atoms with Gasteiger partial charge < -0.3 is 25.6 Å². The predicted octanol–water partition coefficient (Wildman–Crippen LogP) is 0.935. The third kappa shape index (κ3) is 6.45. The molecule has 122 valence electrons. The number of rotatable bonds is 9. The van der Waals surface area contributed by atoms with Gasteiger partial charge in [0.25, 0.3) is 0 Å². The lowest BCUT2D eigenvalue weighted by molar-refractivity contribution is -0.137. The van der Waals surface area contributed by atoms with Crippen LogP contribution in [0, 0.1) is 0 Å². The highest BCUT2D eigenvalue weighted by Crippen LogP contribution is 2.18. The van der Waals surface area contributed by atoms with Crippen molar-refractivity contribution < 1.29 is 24.5 Å². The minimum absolute atomic E-state index is 0.0192. The van der Waals surface area contributed by atoms with Crippen molar-refractivity contribution >= 4 is 12.0 Å². The minimum Gasteiger partial charge on any atom is -0.497 e. The van der Waals surface area contributed by atoms with E-state index < -0.39 is 5.97 Å². The van der Waals surface area contributed by atoms with E-state index in [-0.39, 0.29) is 31.5 Å². The van der Waals surface area contributed by atoms with Gasteiger partial charge in [-0.1, -0.05) is 12.1 Å². The van der Waals surface area contributed by atoms with E-state index >= 15 is 0 Å². The number of amides is 2. The Hall–Kier alpha value is -2.28. The molecule has 0 saturated carbocycles. The number of ether oxygens (including phenoxy) is 1. The molecule has 4 N–H and O–H groups in total. The van der Waals surface area contributed by atoms with Crippen LogP contribution in [-0.2, 0) is 4.79 Å². The van der Waals surface area contributed by atoms with Crippen LogP contribution in [0.5, 0.6) is 5.75 Å². The van der Waals surface area contributed by atoms with Gasteiger partial charge in [0.1, 0.15) is 5.75 Å². The maximum absolute atomic E-state index is 11.6. The van der Waals surface area contributed by atoms with E-state index in [1.807, 2.05) is 12.1 Å². The fraction of sp³-hybridized carbons (Fsp3) is 0.467. The quantitative estimate of drug-likeness (QED) is 0.508. The van der Waals surface area contributed by atoms with Crippen LogP contribution in [0.1, 0.15) is 24.3 Å². The molecule has 0 fully saturated rings. The number of aliphatic hydroxyl groups excluding tert-OH is 1. The number of nitrogens with one attached hydrogen (secondary N) is 2. The maximum Gasteiger partial charge on any atom is 0.314 e. The third-order valence-corrected chi connectivity index (χ3v) is 3.17. The van der Waals surface area contributed by atoms with Gasteiger partial charge in [-0.05, 0) is 24.1 Å². The van der Waals surface area contributed by atoms with Crippen LogP contribution in [0.15, 0.2) is 24.3 Å². The number of aliphatic carboxylic acids is 1. The monoisotopic (exact) mass is 310 g/mol. The van der Waals surface area contributed by atoms with Gasteiger partial charge in [0.05, 0.1) is 13.7 Å². The Morgan fingerprint density at radius 1 is 1.23 bits per heavy atom. The molecule has 0 saturated heterocycles. The molecule has 1 aromatic carbocycles. The highest BCUT2D eigenvalue weighted by Gasteiger charge is 2.12. The molecular formula is C15H22N2O5. The number of hydrogen-bond donors (Lipinski definition) is 4. The first-order valence-electron chi connectivity index (χ1n) is 7.05. The van der Waals surface area contributed by atoms with Gasteiger partial charge >= 0.3 is 12.0 Å². The van der Waals surface area contributed by atoms with Crippen LogP contribution in [0.3, 0.4) is 0 Å². The van der Waals surface area contributed by atoms with Gasteiger partial charge in [-0.15, -0.1) is 0 Å². The van der Waals surface area contributed by atoms with E-state index in [9.17, 15) is 14.7 Å². The zero-order chi connectivity index (χ0) is 16.4. The van der Waals surface area contributed by atoms with Gasteiger partial charge in [0.2, 0.25) is 0 Å². The number of benzene rings is 1. The summed E-state index contributed by atoms with van der Waals surface area (Å²) in [5, 5.41) is 23.1. The fourth-order valence-electron chi connectivity index (χ4n) is 1.88. The minimum atomic E-state index is -0.887. The summed E-state index contributed by atoms with van der Waals surface area (Å²) in [4.78, 5) is 21.9. The summed E-state index contributed by atoms with van der Waals surface area (Å²) >= 11 is 0. The smallest absolute Gasteiger partial charge is 0.314 e. The molecule has 1 unspecified atom stereocenters. The SMILES string of the molecule is COc1ccc(C(CO)CNC(=O)NCCCC(=O)O)cc1. The summed E-state index contributed by atoms with van der Waals surface area (Å²) in [6, 6.07) is 6.89. The summed E-state index contributed by atoms with van der Waals surface area (Å²) in [7, 11) is 1.58. The predicted molar refractivity (Wildman–Crippen MR) is 81.1 cm³/mol. The highest BCUT2D eigenvalue weighted by atomic mass is 16.5. The molecule has 2 amide bonds. The number of urea groups is 1. The van der Waals surface area contributed by atoms with Crippen molar-refractivity contribution in [1.82, 2.24) is 10.6 Å². The number of carboxylic acid groups (broad SMARTS) is 1. The van der Waals surface area contributed by atoms with E-state index in [1.165, 1.54) is 0 Å². The first kappa shape index (κ1) is 17.8. The lowest BCUT2D eigenvalue weighted by Crippen LogP contribution is -2.38. The van der Waals surface area contributed by atoms with E-state index in [0.717, 1.165) is 11.3 Å². The second-order valence-corrected chi connectivity index (χ2v) is 4.79. The zero-order valence-corrected chi connectivity index (χ0v) is 12.5. The van der Waals surface area contributed by atoms with Crippen LogP contribution in [0.4, 0.5) is 4.79 Å². The van der Waals surface area contributed by atoms with Gasteiger partial charge in [0, 0.05) is 25.4 Å². The summed E-state index contributed by atoms with van der Waals surface area (Å²) in [6.45, 7) is 0.490. The van der Waals surface area contributed by atoms with E-state index in [1.54, 1.807) is 19.2 Å². The molecule has 0 aromatic heterocycles. The fourth-order valence-corrected chi connectivity index (χ4v) is 1.88. The number of carbonyl (C=O) groups is 2. The molecule has 0 aliphatic rings. The number of carbonyl (C=O) groups excluding carboxylic acids is 1. The third-order valence-electron chi connectivity index (χ3n) is 3.17. The zero-order valence-electron chi connectivity index (χ0n) is 12.5. The second kappa shape index (κ2) is 9.62. The molecule has 1 rings (SSSR count). The first-order valence-corrected chi connectivity index (χ1v) is 7.05. The molecule has 0 aliphatic carbocycles. The van der Waals surface area contributed by atoms with Crippen molar-refractivity contribution in [2.75, 3.05) is 26.8 Å². The molecule has 7 nitrogen and oxygen atoms in total. The van der Waals surface area contributed by atoms with Gasteiger partial charge in [-0.25, -0.2) is 4.79 Å². The first-order chi connectivity index (χ1) is 10.6. The highest BCUT2D eigenvalue weighted by molar-refractivity contribution is 5.74. The number of methoxy groups -OCH3 is 1. The Balaban J connectivity index is 2.36. The number of carboxylic acids is 1. The van der Waals surface area contributed by atoms with Crippen LogP contribution < -0.4 is 15.4 Å². The Bertz CT molecular complexity index is 475. The lowest BCUT2D eigenvalue weighted by Gasteiger charge is -2.16. The summed E-state index contributed by atoms with van der Waals surface area (Å²) in [6.07, 6.45) is 0.399. The van der Waals surface area contributed by atoms with Gasteiger partial charge in [-0.2, -0.15) is 0 Å². The van der Waals surface area contributed by atoms with Crippen LogP contribution >= 0.6 is 0 Å². The largest absolute Gasteiger partial charge is 0.497 e. The van der Waals surface area contributed by atoms with E-state index in [2.05, 4.69) is 10.6 Å². The molecule has 1 atom stereocenters. The Kier molecular flexibility index (Phi) is 7.77. The van der Waals surface area contributed by atoms with Crippen molar-refractivity contribution in [1.29, 1.82) is 0 Å². The number of aliphatic hydroxyl groups is 1. The average Bonchev–Trinajstić information content (AvgIpc) is 2.52. The molecule has 22 heavy (non-hydrogen) atoms. The molecule has 0 radical (unpaired) electrons. The molecule has 7 heteroatoms. The maximum atomic E-state index is 11.6. The molecule has 0 aliphatic heterocycles. The summed E-state index contributed by atoms with van der Waals surface area (Å²) in [5.74, 6) is -0.373. The van der Waals surface area contributed by atoms with E-state index in [4.69, 9.17) is 9.84 Å². The lowest BCUT2D eigenvalue weighted by atomic mass is 10.00. The van der Waals surface area contributed by atoms with Crippen LogP contribution in [0.25, 0.3) is 0 Å². The van der Waals surface area contributed by atoms with E-state index in [0.29, 0.717) is 13.0 Å². The van der Waals surface area contributed by atoms with Crippen LogP contribution in [-0.4, -0.2) is 49.0 Å². The normalized spacial score (nSPS) is 11.5. The molecule has 0 bridgehead atoms.